The lowest BCUT2D eigenvalue weighted by Crippen LogP contribution is -2.55. The van der Waals surface area contributed by atoms with Gasteiger partial charge in [0.1, 0.15) is 30.5 Å². The van der Waals surface area contributed by atoms with Crippen molar-refractivity contribution >= 4 is 13.3 Å². The van der Waals surface area contributed by atoms with Gasteiger partial charge < -0.3 is 25.2 Å². The van der Waals surface area contributed by atoms with Crippen LogP contribution in [0.25, 0.3) is 0 Å². The highest BCUT2D eigenvalue weighted by atomic mass is 28.3. The van der Waals surface area contributed by atoms with Crippen molar-refractivity contribution < 1.29 is 25.2 Å². The van der Waals surface area contributed by atoms with Crippen LogP contribution in [0.15, 0.2) is 42.5 Å². The first-order chi connectivity index (χ1) is 14.2. The number of aliphatic hydroxyl groups is 4. The van der Waals surface area contributed by atoms with E-state index >= 15 is 0 Å². The molecule has 1 aliphatic heterocycles. The van der Waals surface area contributed by atoms with E-state index in [1.807, 2.05) is 0 Å². The molecule has 1 aliphatic rings. The molecule has 0 radical (unpaired) electrons. The summed E-state index contributed by atoms with van der Waals surface area (Å²) in [5.41, 5.74) is 2.96. The molecule has 2 aromatic carbocycles. The fourth-order valence-corrected chi connectivity index (χ4v) is 4.93. The summed E-state index contributed by atoms with van der Waals surface area (Å²) >= 11 is 0. The average Bonchev–Trinajstić information content (AvgIpc) is 2.72. The lowest BCUT2D eigenvalue weighted by molar-refractivity contribution is -0.231. The Hall–Kier alpha value is -2.05. The Morgan fingerprint density at radius 3 is 2.20 bits per heavy atom. The molecular weight excluding hydrogens is 398 g/mol. The molecule has 0 unspecified atom stereocenters. The summed E-state index contributed by atoms with van der Waals surface area (Å²) in [6.45, 7) is 6.40. The van der Waals surface area contributed by atoms with Gasteiger partial charge in [-0.05, 0) is 29.2 Å². The van der Waals surface area contributed by atoms with E-state index in [2.05, 4.69) is 50.0 Å². The first-order valence-electron chi connectivity index (χ1n) is 10.1. The maximum atomic E-state index is 10.4. The van der Waals surface area contributed by atoms with Crippen LogP contribution in [0.2, 0.25) is 19.6 Å². The van der Waals surface area contributed by atoms with E-state index in [0.29, 0.717) is 17.5 Å². The normalized spacial score (nSPS) is 26.9. The van der Waals surface area contributed by atoms with Gasteiger partial charge in [-0.15, -0.1) is 0 Å². The molecule has 0 aromatic heterocycles. The molecule has 160 valence electrons. The Morgan fingerprint density at radius 1 is 0.967 bits per heavy atom. The molecule has 30 heavy (non-hydrogen) atoms. The summed E-state index contributed by atoms with van der Waals surface area (Å²) in [4.78, 5) is 0. The van der Waals surface area contributed by atoms with Gasteiger partial charge in [0.05, 0.1) is 26.3 Å². The zero-order chi connectivity index (χ0) is 22.1. The third-order valence-corrected chi connectivity index (χ3v) is 7.75. The van der Waals surface area contributed by atoms with Gasteiger partial charge >= 0.3 is 0 Å². The molecule has 0 amide bonds. The van der Waals surface area contributed by atoms with Crippen LogP contribution < -0.4 is 5.19 Å². The van der Waals surface area contributed by atoms with Crippen molar-refractivity contribution in [3.63, 3.8) is 0 Å². The molecule has 1 fully saturated rings. The average molecular weight is 428 g/mol. The zero-order valence-electron chi connectivity index (χ0n) is 17.5. The summed E-state index contributed by atoms with van der Waals surface area (Å²) in [5, 5.41) is 50.8. The van der Waals surface area contributed by atoms with Crippen LogP contribution in [-0.4, -0.2) is 59.5 Å². The highest BCUT2D eigenvalue weighted by Crippen LogP contribution is 2.33. The van der Waals surface area contributed by atoms with Gasteiger partial charge in [0.25, 0.3) is 0 Å². The van der Waals surface area contributed by atoms with Crippen molar-refractivity contribution in [3.05, 3.63) is 64.7 Å². The van der Waals surface area contributed by atoms with Gasteiger partial charge in [0, 0.05) is 0 Å². The predicted molar refractivity (Wildman–Crippen MR) is 116 cm³/mol. The Balaban J connectivity index is 1.90. The monoisotopic (exact) mass is 427 g/mol. The standard InChI is InChI=1S/C23H29NO5Si/c1-30(2,3)18-8-4-14(5-9-18)10-17-11-15(6-7-16(17)12-24)23-22(28)21(27)20(26)19(13-25)29-23/h4-9,11,19-23,25-28H,10,13H2,1-3H3/t19-,20-,21+,22-,23+/m1/s1. The number of benzene rings is 2. The summed E-state index contributed by atoms with van der Waals surface area (Å²) < 4.78 is 5.66. The number of hydrogen-bond donors (Lipinski definition) is 4. The second kappa shape index (κ2) is 8.98. The molecule has 4 N–H and O–H groups in total. The lowest BCUT2D eigenvalue weighted by Gasteiger charge is -2.40. The molecule has 0 saturated carbocycles. The van der Waals surface area contributed by atoms with Crippen LogP contribution in [0, 0.1) is 11.3 Å². The first-order valence-corrected chi connectivity index (χ1v) is 13.6. The van der Waals surface area contributed by atoms with Crippen molar-refractivity contribution in [1.82, 2.24) is 0 Å². The van der Waals surface area contributed by atoms with E-state index in [1.54, 1.807) is 18.2 Å². The SMILES string of the molecule is C[Si](C)(C)c1ccc(Cc2cc([C@@H]3O[C@H](CO)[C@@H](O)[C@H](O)[C@H]3O)ccc2C#N)cc1. The molecule has 7 heteroatoms. The summed E-state index contributed by atoms with van der Waals surface area (Å²) in [5.74, 6) is 0. The minimum atomic E-state index is -1.44. The van der Waals surface area contributed by atoms with Gasteiger partial charge in [-0.3, -0.25) is 0 Å². The molecule has 2 aromatic rings. The number of aliphatic hydroxyl groups excluding tert-OH is 4. The van der Waals surface area contributed by atoms with Gasteiger partial charge in [-0.2, -0.15) is 5.26 Å². The van der Waals surface area contributed by atoms with Crippen LogP contribution in [-0.2, 0) is 11.2 Å². The van der Waals surface area contributed by atoms with Crippen LogP contribution >= 0.6 is 0 Å². The molecule has 1 saturated heterocycles. The molecule has 1 heterocycles. The highest BCUT2D eigenvalue weighted by Gasteiger charge is 2.44. The van der Waals surface area contributed by atoms with Crippen molar-refractivity contribution in [1.29, 1.82) is 5.26 Å². The number of nitrogens with zero attached hydrogens (tertiary/aromatic N) is 1. The molecular formula is C23H29NO5Si. The van der Waals surface area contributed by atoms with Gasteiger partial charge in [0.15, 0.2) is 0 Å². The van der Waals surface area contributed by atoms with Crippen LogP contribution in [0.3, 0.4) is 0 Å². The Labute approximate surface area is 178 Å². The van der Waals surface area contributed by atoms with E-state index in [-0.39, 0.29) is 0 Å². The number of rotatable bonds is 5. The molecule has 0 spiro atoms. The third-order valence-electron chi connectivity index (χ3n) is 5.69. The van der Waals surface area contributed by atoms with Gasteiger partial charge in [-0.1, -0.05) is 61.2 Å². The van der Waals surface area contributed by atoms with Gasteiger partial charge in [-0.25, -0.2) is 0 Å². The fourth-order valence-electron chi connectivity index (χ4n) is 3.77. The number of nitriles is 1. The molecule has 3 rings (SSSR count). The summed E-state index contributed by atoms with van der Waals surface area (Å²) in [7, 11) is -1.39. The zero-order valence-corrected chi connectivity index (χ0v) is 18.5. The van der Waals surface area contributed by atoms with Crippen molar-refractivity contribution in [3.8, 4) is 6.07 Å². The smallest absolute Gasteiger partial charge is 0.113 e. The topological polar surface area (TPSA) is 114 Å². The van der Waals surface area contributed by atoms with Gasteiger partial charge in [0.2, 0.25) is 0 Å². The lowest BCUT2D eigenvalue weighted by atomic mass is 9.89. The Kier molecular flexibility index (Phi) is 6.77. The number of hydrogen-bond acceptors (Lipinski definition) is 6. The van der Waals surface area contributed by atoms with E-state index < -0.39 is 45.2 Å². The first kappa shape index (κ1) is 22.6. The highest BCUT2D eigenvalue weighted by molar-refractivity contribution is 6.88. The minimum Gasteiger partial charge on any atom is -0.394 e. The molecule has 0 aliphatic carbocycles. The molecule has 0 bridgehead atoms. The fraction of sp³-hybridized carbons (Fsp3) is 0.435. The Bertz CT molecular complexity index is 917. The number of ether oxygens (including phenoxy) is 1. The third kappa shape index (κ3) is 4.65. The van der Waals surface area contributed by atoms with E-state index in [1.165, 1.54) is 5.19 Å². The van der Waals surface area contributed by atoms with Crippen LogP contribution in [0.1, 0.15) is 28.4 Å². The maximum Gasteiger partial charge on any atom is 0.113 e. The van der Waals surface area contributed by atoms with E-state index in [4.69, 9.17) is 4.74 Å². The van der Waals surface area contributed by atoms with E-state index in [9.17, 15) is 25.7 Å². The predicted octanol–water partition coefficient (Wildman–Crippen LogP) is 1.21. The second-order valence-electron chi connectivity index (χ2n) is 8.90. The van der Waals surface area contributed by atoms with Crippen LogP contribution in [0.4, 0.5) is 0 Å². The molecule has 6 nitrogen and oxygen atoms in total. The largest absolute Gasteiger partial charge is 0.394 e. The quantitative estimate of drug-likeness (QED) is 0.534. The minimum absolute atomic E-state index is 0.478. The second-order valence-corrected chi connectivity index (χ2v) is 14.0. The van der Waals surface area contributed by atoms with Crippen LogP contribution in [0.5, 0.6) is 0 Å². The molecule has 5 atom stereocenters. The van der Waals surface area contributed by atoms with Crippen molar-refractivity contribution in [2.75, 3.05) is 6.61 Å². The van der Waals surface area contributed by atoms with Crippen molar-refractivity contribution in [2.24, 2.45) is 0 Å². The van der Waals surface area contributed by atoms with Crippen molar-refractivity contribution in [2.45, 2.75) is 56.6 Å². The Morgan fingerprint density at radius 2 is 1.63 bits per heavy atom. The summed E-state index contributed by atoms with van der Waals surface area (Å²) in [6, 6.07) is 15.8. The maximum absolute atomic E-state index is 10.4. The summed E-state index contributed by atoms with van der Waals surface area (Å²) in [6.07, 6.45) is -5.53. The van der Waals surface area contributed by atoms with E-state index in [0.717, 1.165) is 11.1 Å².